The van der Waals surface area contributed by atoms with Crippen molar-refractivity contribution in [3.05, 3.63) is 29.8 Å². The number of benzene rings is 1. The quantitative estimate of drug-likeness (QED) is 0.609. The molecule has 1 aromatic carbocycles. The van der Waals surface area contributed by atoms with Crippen LogP contribution in [0, 0.1) is 12.3 Å². The Balaban J connectivity index is 2.52. The Morgan fingerprint density at radius 3 is 2.58 bits per heavy atom. The van der Waals surface area contributed by atoms with E-state index in [1.807, 2.05) is 38.1 Å². The summed E-state index contributed by atoms with van der Waals surface area (Å²) in [5.74, 6) is 2.76. The van der Waals surface area contributed by atoms with Crippen LogP contribution in [-0.4, -0.2) is 11.9 Å². The summed E-state index contributed by atoms with van der Waals surface area (Å²) in [4.78, 5) is 11.9. The fourth-order valence-corrected chi connectivity index (χ4v) is 1.96. The van der Waals surface area contributed by atoms with Gasteiger partial charge in [-0.1, -0.05) is 38.3 Å². The molecule has 0 saturated carbocycles. The van der Waals surface area contributed by atoms with Crippen molar-refractivity contribution in [3.8, 4) is 12.3 Å². The van der Waals surface area contributed by atoms with Crippen molar-refractivity contribution in [2.45, 2.75) is 45.1 Å². The molecule has 0 heterocycles. The highest BCUT2D eigenvalue weighted by Crippen LogP contribution is 2.20. The van der Waals surface area contributed by atoms with Gasteiger partial charge in [-0.25, -0.2) is 0 Å². The van der Waals surface area contributed by atoms with Crippen LogP contribution in [0.1, 0.15) is 44.6 Å². The molecule has 0 spiro atoms. The van der Waals surface area contributed by atoms with Crippen LogP contribution in [0.3, 0.4) is 0 Å². The van der Waals surface area contributed by atoms with E-state index in [1.54, 1.807) is 0 Å². The van der Waals surface area contributed by atoms with Gasteiger partial charge < -0.3 is 11.1 Å². The first-order chi connectivity index (χ1) is 9.06. The molecular formula is C16H22N2O. The van der Waals surface area contributed by atoms with Gasteiger partial charge in [-0.3, -0.25) is 4.79 Å². The van der Waals surface area contributed by atoms with Crippen molar-refractivity contribution in [3.63, 3.8) is 0 Å². The van der Waals surface area contributed by atoms with E-state index >= 15 is 0 Å². The highest BCUT2D eigenvalue weighted by atomic mass is 16.1. The number of amides is 1. The highest BCUT2D eigenvalue weighted by molar-refractivity contribution is 5.77. The first kappa shape index (κ1) is 15.1. The van der Waals surface area contributed by atoms with Crippen LogP contribution in [0.2, 0.25) is 0 Å². The minimum Gasteiger partial charge on any atom is -0.399 e. The third-order valence-electron chi connectivity index (χ3n) is 3.11. The van der Waals surface area contributed by atoms with E-state index in [-0.39, 0.29) is 17.9 Å². The van der Waals surface area contributed by atoms with E-state index in [4.69, 9.17) is 12.2 Å². The summed E-state index contributed by atoms with van der Waals surface area (Å²) in [5.41, 5.74) is 7.48. The first-order valence-electron chi connectivity index (χ1n) is 6.67. The third-order valence-corrected chi connectivity index (χ3v) is 3.11. The maximum Gasteiger partial charge on any atom is 0.221 e. The summed E-state index contributed by atoms with van der Waals surface area (Å²) in [6.07, 6.45) is 7.60. The van der Waals surface area contributed by atoms with E-state index < -0.39 is 0 Å². The number of nitrogens with one attached hydrogen (secondary N) is 1. The molecule has 0 bridgehead atoms. The average molecular weight is 258 g/mol. The number of terminal acetylenes is 1. The Morgan fingerprint density at radius 1 is 1.42 bits per heavy atom. The molecule has 0 fully saturated rings. The first-order valence-corrected chi connectivity index (χ1v) is 6.67. The molecule has 19 heavy (non-hydrogen) atoms. The summed E-state index contributed by atoms with van der Waals surface area (Å²) in [5, 5.41) is 2.88. The largest absolute Gasteiger partial charge is 0.399 e. The molecule has 0 aromatic heterocycles. The number of nitrogens with two attached hydrogens (primary N) is 1. The van der Waals surface area contributed by atoms with Crippen molar-refractivity contribution >= 4 is 11.6 Å². The summed E-state index contributed by atoms with van der Waals surface area (Å²) in [6.45, 7) is 4.07. The molecule has 2 unspecified atom stereocenters. The van der Waals surface area contributed by atoms with Crippen LogP contribution in [0.5, 0.6) is 0 Å². The lowest BCUT2D eigenvalue weighted by Gasteiger charge is -2.15. The van der Waals surface area contributed by atoms with Gasteiger partial charge in [0.1, 0.15) is 0 Å². The molecule has 0 aliphatic heterocycles. The summed E-state index contributed by atoms with van der Waals surface area (Å²) in [7, 11) is 0. The van der Waals surface area contributed by atoms with E-state index in [0.29, 0.717) is 6.42 Å². The summed E-state index contributed by atoms with van der Waals surface area (Å²) in [6, 6.07) is 7.46. The molecule has 102 valence electrons. The fraction of sp³-hybridized carbons (Fsp3) is 0.438. The zero-order valence-electron chi connectivity index (χ0n) is 11.6. The maximum atomic E-state index is 11.9. The monoisotopic (exact) mass is 258 g/mol. The third kappa shape index (κ3) is 5.05. The number of carbonyl (C=O) groups is 1. The van der Waals surface area contributed by atoms with Crippen LogP contribution in [0.15, 0.2) is 24.3 Å². The second kappa shape index (κ2) is 7.48. The number of hydrogen-bond donors (Lipinski definition) is 2. The highest BCUT2D eigenvalue weighted by Gasteiger charge is 2.13. The number of rotatable bonds is 6. The van der Waals surface area contributed by atoms with Crippen LogP contribution >= 0.6 is 0 Å². The van der Waals surface area contributed by atoms with Gasteiger partial charge in [0, 0.05) is 12.1 Å². The van der Waals surface area contributed by atoms with E-state index in [9.17, 15) is 4.79 Å². The predicted octanol–water partition coefficient (Wildman–Crippen LogP) is 2.68. The number of nitrogen functional groups attached to an aromatic ring is 1. The van der Waals surface area contributed by atoms with Crippen LogP contribution in [0.25, 0.3) is 0 Å². The topological polar surface area (TPSA) is 55.1 Å². The van der Waals surface area contributed by atoms with E-state index in [2.05, 4.69) is 11.2 Å². The van der Waals surface area contributed by atoms with Gasteiger partial charge in [0.15, 0.2) is 0 Å². The minimum absolute atomic E-state index is 0.000671. The lowest BCUT2D eigenvalue weighted by molar-refractivity contribution is -0.121. The Hall–Kier alpha value is -1.95. The Bertz CT molecular complexity index is 445. The molecule has 0 radical (unpaired) electrons. The molecule has 3 heteroatoms. The number of anilines is 1. The fourth-order valence-electron chi connectivity index (χ4n) is 1.96. The maximum absolute atomic E-state index is 11.9. The second-order valence-electron chi connectivity index (χ2n) is 4.85. The molecule has 3 N–H and O–H groups in total. The Labute approximate surface area is 115 Å². The Morgan fingerprint density at radius 2 is 2.05 bits per heavy atom. The molecule has 1 amide bonds. The van der Waals surface area contributed by atoms with Gasteiger partial charge in [-0.2, -0.15) is 0 Å². The predicted molar refractivity (Wildman–Crippen MR) is 79.6 cm³/mol. The standard InChI is InChI=1S/C16H22N2O/c1-4-6-15(5-2)18-16(19)11-12(3)13-7-9-14(17)10-8-13/h2,7-10,12,15H,4,6,11,17H2,1,3H3,(H,18,19). The SMILES string of the molecule is C#CC(CCC)NC(=O)CC(C)c1ccc(N)cc1. The van der Waals surface area contributed by atoms with Crippen molar-refractivity contribution in [2.24, 2.45) is 0 Å². The molecule has 3 nitrogen and oxygen atoms in total. The number of carbonyl (C=O) groups excluding carboxylic acids is 1. The zero-order valence-corrected chi connectivity index (χ0v) is 11.6. The van der Waals surface area contributed by atoms with Crippen molar-refractivity contribution in [1.29, 1.82) is 0 Å². The molecule has 0 saturated heterocycles. The van der Waals surface area contributed by atoms with E-state index in [0.717, 1.165) is 24.1 Å². The molecule has 2 atom stereocenters. The average Bonchev–Trinajstić information content (AvgIpc) is 2.38. The van der Waals surface area contributed by atoms with Crippen LogP contribution in [0.4, 0.5) is 5.69 Å². The van der Waals surface area contributed by atoms with Gasteiger partial charge in [-0.15, -0.1) is 6.42 Å². The lowest BCUT2D eigenvalue weighted by atomic mass is 9.97. The van der Waals surface area contributed by atoms with Gasteiger partial charge >= 0.3 is 0 Å². The van der Waals surface area contributed by atoms with Gasteiger partial charge in [0.25, 0.3) is 0 Å². The van der Waals surface area contributed by atoms with Crippen molar-refractivity contribution in [2.75, 3.05) is 5.73 Å². The number of hydrogen-bond acceptors (Lipinski definition) is 2. The van der Waals surface area contributed by atoms with Gasteiger partial charge in [0.2, 0.25) is 5.91 Å². The van der Waals surface area contributed by atoms with Crippen molar-refractivity contribution in [1.82, 2.24) is 5.32 Å². The van der Waals surface area contributed by atoms with E-state index in [1.165, 1.54) is 0 Å². The van der Waals surface area contributed by atoms with Crippen molar-refractivity contribution < 1.29 is 4.79 Å². The zero-order chi connectivity index (χ0) is 14.3. The van der Waals surface area contributed by atoms with Crippen LogP contribution < -0.4 is 11.1 Å². The molecule has 1 rings (SSSR count). The summed E-state index contributed by atoms with van der Waals surface area (Å²) < 4.78 is 0. The summed E-state index contributed by atoms with van der Waals surface area (Å²) >= 11 is 0. The lowest BCUT2D eigenvalue weighted by Crippen LogP contribution is -2.34. The molecule has 0 aliphatic rings. The molecule has 0 aliphatic carbocycles. The Kier molecular flexibility index (Phi) is 5.95. The van der Waals surface area contributed by atoms with Crippen LogP contribution in [-0.2, 0) is 4.79 Å². The molecule has 1 aromatic rings. The second-order valence-corrected chi connectivity index (χ2v) is 4.85. The van der Waals surface area contributed by atoms with Gasteiger partial charge in [-0.05, 0) is 30.0 Å². The molecular weight excluding hydrogens is 236 g/mol. The minimum atomic E-state index is -0.156. The van der Waals surface area contributed by atoms with Gasteiger partial charge in [0.05, 0.1) is 6.04 Å². The smallest absolute Gasteiger partial charge is 0.221 e. The normalized spacial score (nSPS) is 13.3.